The number of carboxylic acids is 1. The summed E-state index contributed by atoms with van der Waals surface area (Å²) in [5, 5.41) is 9.87. The smallest absolute Gasteiger partial charge is 0.411 e. The van der Waals surface area contributed by atoms with E-state index in [4.69, 9.17) is 4.74 Å². The summed E-state index contributed by atoms with van der Waals surface area (Å²) in [5.41, 5.74) is 0.614. The van der Waals surface area contributed by atoms with Gasteiger partial charge in [-0.2, -0.15) is 0 Å². The number of carbonyl (C=O) groups excluding carboxylic acids is 1. The van der Waals surface area contributed by atoms with E-state index in [-0.39, 0.29) is 0 Å². The van der Waals surface area contributed by atoms with E-state index in [1.54, 1.807) is 20.8 Å². The van der Waals surface area contributed by atoms with Crippen LogP contribution in [0.25, 0.3) is 0 Å². The lowest BCUT2D eigenvalue weighted by molar-refractivity contribution is -0.151. The number of aryl methyl sites for hydroxylation is 2. The third-order valence-electron chi connectivity index (χ3n) is 4.06. The second kappa shape index (κ2) is 5.30. The number of benzene rings is 1. The first-order chi connectivity index (χ1) is 10.1. The number of fused-ring (bicyclic) bond motifs is 1. The lowest BCUT2D eigenvalue weighted by Crippen LogP contribution is -2.52. The van der Waals surface area contributed by atoms with E-state index in [0.29, 0.717) is 18.4 Å². The van der Waals surface area contributed by atoms with Gasteiger partial charge in [-0.3, -0.25) is 4.90 Å². The zero-order chi connectivity index (χ0) is 16.7. The second-order valence-corrected chi connectivity index (χ2v) is 6.87. The Morgan fingerprint density at radius 2 is 1.95 bits per heavy atom. The fraction of sp³-hybridized carbons (Fsp3) is 0.529. The predicted molar refractivity (Wildman–Crippen MR) is 82.8 cm³/mol. The summed E-state index contributed by atoms with van der Waals surface area (Å²) in [6, 6.07) is 5.76. The van der Waals surface area contributed by atoms with Gasteiger partial charge in [0.1, 0.15) is 5.60 Å². The molecule has 1 unspecified atom stereocenters. The van der Waals surface area contributed by atoms with Crippen molar-refractivity contribution < 1.29 is 19.4 Å². The highest BCUT2D eigenvalue weighted by molar-refractivity contribution is 5.87. The molecule has 1 aliphatic rings. The molecule has 1 aromatic carbocycles. The van der Waals surface area contributed by atoms with E-state index < -0.39 is 23.2 Å². The van der Waals surface area contributed by atoms with Crippen molar-refractivity contribution in [1.29, 1.82) is 0 Å². The summed E-state index contributed by atoms with van der Waals surface area (Å²) in [7, 11) is 1.50. The van der Waals surface area contributed by atoms with Gasteiger partial charge in [-0.05, 0) is 51.7 Å². The zero-order valence-electron chi connectivity index (χ0n) is 13.8. The first-order valence-electron chi connectivity index (χ1n) is 7.38. The van der Waals surface area contributed by atoms with Crippen molar-refractivity contribution in [3.05, 3.63) is 34.9 Å². The molecule has 1 N–H and O–H groups in total. The highest BCUT2D eigenvalue weighted by atomic mass is 16.6. The average Bonchev–Trinajstić information content (AvgIpc) is 2.75. The van der Waals surface area contributed by atoms with Gasteiger partial charge < -0.3 is 9.84 Å². The Morgan fingerprint density at radius 1 is 1.32 bits per heavy atom. The van der Waals surface area contributed by atoms with Gasteiger partial charge in [-0.25, -0.2) is 9.59 Å². The van der Waals surface area contributed by atoms with E-state index in [2.05, 4.69) is 0 Å². The zero-order valence-corrected chi connectivity index (χ0v) is 13.8. The van der Waals surface area contributed by atoms with Crippen LogP contribution >= 0.6 is 0 Å². The minimum Gasteiger partial charge on any atom is -0.479 e. The second-order valence-electron chi connectivity index (χ2n) is 6.87. The Bertz CT molecular complexity index is 618. The van der Waals surface area contributed by atoms with Crippen molar-refractivity contribution in [3.8, 4) is 0 Å². The normalized spacial score (nSPS) is 20.4. The number of aliphatic carboxylic acids is 1. The Balaban J connectivity index is 2.47. The summed E-state index contributed by atoms with van der Waals surface area (Å²) in [6.07, 6.45) is 0.371. The molecule has 5 heteroatoms. The fourth-order valence-corrected chi connectivity index (χ4v) is 2.94. The molecule has 0 fully saturated rings. The summed E-state index contributed by atoms with van der Waals surface area (Å²) in [5.74, 6) is -1.02. The van der Waals surface area contributed by atoms with Crippen LogP contribution in [-0.2, 0) is 21.5 Å². The Morgan fingerprint density at radius 3 is 2.50 bits per heavy atom. The van der Waals surface area contributed by atoms with Crippen molar-refractivity contribution in [2.24, 2.45) is 0 Å². The predicted octanol–water partition coefficient (Wildman–Crippen LogP) is 3.09. The van der Waals surface area contributed by atoms with Gasteiger partial charge in [0.25, 0.3) is 0 Å². The molecule has 0 heterocycles. The molecular formula is C17H23NO4. The Hall–Kier alpha value is -2.04. The maximum atomic E-state index is 12.4. The quantitative estimate of drug-likeness (QED) is 0.911. The van der Waals surface area contributed by atoms with Crippen LogP contribution in [0.5, 0.6) is 0 Å². The molecule has 120 valence electrons. The third-order valence-corrected chi connectivity index (χ3v) is 4.06. The van der Waals surface area contributed by atoms with Gasteiger partial charge in [0.15, 0.2) is 5.54 Å². The summed E-state index contributed by atoms with van der Waals surface area (Å²) < 4.78 is 5.36. The minimum atomic E-state index is -1.36. The van der Waals surface area contributed by atoms with Crippen molar-refractivity contribution in [2.45, 2.75) is 51.7 Å². The number of likely N-dealkylation sites (N-methyl/N-ethyl adjacent to an activating group) is 1. The lowest BCUT2D eigenvalue weighted by atomic mass is 9.89. The molecule has 0 saturated carbocycles. The topological polar surface area (TPSA) is 66.8 Å². The molecule has 1 aromatic rings. The summed E-state index contributed by atoms with van der Waals surface area (Å²) in [4.78, 5) is 25.7. The molecule has 0 aliphatic heterocycles. The number of hydrogen-bond acceptors (Lipinski definition) is 3. The first-order valence-corrected chi connectivity index (χ1v) is 7.38. The molecule has 0 saturated heterocycles. The number of nitrogens with zero attached hydrogens (tertiary/aromatic N) is 1. The van der Waals surface area contributed by atoms with E-state index >= 15 is 0 Å². The molecule has 5 nitrogen and oxygen atoms in total. The molecule has 1 aliphatic carbocycles. The van der Waals surface area contributed by atoms with E-state index in [9.17, 15) is 14.7 Å². The molecule has 22 heavy (non-hydrogen) atoms. The number of hydrogen-bond donors (Lipinski definition) is 1. The van der Waals surface area contributed by atoms with Crippen molar-refractivity contribution in [1.82, 2.24) is 4.90 Å². The van der Waals surface area contributed by atoms with Gasteiger partial charge in [0, 0.05) is 7.05 Å². The van der Waals surface area contributed by atoms with Crippen molar-refractivity contribution in [3.63, 3.8) is 0 Å². The standard InChI is InChI=1S/C17H23NO4/c1-11-6-7-12-8-9-17(14(19)20,13(12)10-11)18(5)15(21)22-16(2,3)4/h6-7,10H,8-9H2,1-5H3,(H,19,20). The maximum Gasteiger partial charge on any atom is 0.411 e. The maximum absolute atomic E-state index is 12.4. The third kappa shape index (κ3) is 2.67. The first kappa shape index (κ1) is 16.3. The molecule has 1 atom stereocenters. The highest BCUT2D eigenvalue weighted by Crippen LogP contribution is 2.42. The number of rotatable bonds is 2. The van der Waals surface area contributed by atoms with Crippen LogP contribution in [0.3, 0.4) is 0 Å². The number of ether oxygens (including phenoxy) is 1. The van der Waals surface area contributed by atoms with Crippen LogP contribution in [0.4, 0.5) is 4.79 Å². The fourth-order valence-electron chi connectivity index (χ4n) is 2.94. The SMILES string of the molecule is Cc1ccc2c(c1)C(C(=O)O)(N(C)C(=O)OC(C)(C)C)CC2. The lowest BCUT2D eigenvalue weighted by Gasteiger charge is -2.36. The monoisotopic (exact) mass is 305 g/mol. The number of carboxylic acid groups (broad SMARTS) is 1. The minimum absolute atomic E-state index is 0.358. The van der Waals surface area contributed by atoms with Crippen LogP contribution < -0.4 is 0 Å². The van der Waals surface area contributed by atoms with E-state index in [1.165, 1.54) is 11.9 Å². The Kier molecular flexibility index (Phi) is 3.94. The Labute approximate surface area is 130 Å². The molecule has 0 bridgehead atoms. The molecule has 2 rings (SSSR count). The molecule has 0 spiro atoms. The average molecular weight is 305 g/mol. The molecule has 0 aromatic heterocycles. The van der Waals surface area contributed by atoms with Crippen LogP contribution in [0.1, 0.15) is 43.9 Å². The van der Waals surface area contributed by atoms with Gasteiger partial charge in [0.05, 0.1) is 0 Å². The summed E-state index contributed by atoms with van der Waals surface area (Å²) in [6.45, 7) is 7.20. The van der Waals surface area contributed by atoms with Gasteiger partial charge in [-0.15, -0.1) is 0 Å². The van der Waals surface area contributed by atoms with Crippen LogP contribution in [-0.4, -0.2) is 34.7 Å². The molecular weight excluding hydrogens is 282 g/mol. The molecule has 1 amide bonds. The van der Waals surface area contributed by atoms with Gasteiger partial charge in [0.2, 0.25) is 0 Å². The van der Waals surface area contributed by atoms with E-state index in [1.807, 2.05) is 25.1 Å². The number of carbonyl (C=O) groups is 2. The summed E-state index contributed by atoms with van der Waals surface area (Å²) >= 11 is 0. The van der Waals surface area contributed by atoms with Crippen LogP contribution in [0.15, 0.2) is 18.2 Å². The van der Waals surface area contributed by atoms with Gasteiger partial charge in [-0.1, -0.05) is 23.8 Å². The van der Waals surface area contributed by atoms with Crippen LogP contribution in [0.2, 0.25) is 0 Å². The van der Waals surface area contributed by atoms with Crippen LogP contribution in [0, 0.1) is 6.92 Å². The highest BCUT2D eigenvalue weighted by Gasteiger charge is 2.51. The van der Waals surface area contributed by atoms with Gasteiger partial charge >= 0.3 is 12.1 Å². The van der Waals surface area contributed by atoms with Crippen molar-refractivity contribution >= 4 is 12.1 Å². The molecule has 0 radical (unpaired) electrons. The van der Waals surface area contributed by atoms with Crippen molar-refractivity contribution in [2.75, 3.05) is 7.05 Å². The van der Waals surface area contributed by atoms with E-state index in [0.717, 1.165) is 11.1 Å². The largest absolute Gasteiger partial charge is 0.479 e. The number of amides is 1.